The fraction of sp³-hybridized carbons (Fsp3) is 0.556. The van der Waals surface area contributed by atoms with Crippen LogP contribution >= 0.6 is 8.58 Å². The third-order valence-electron chi connectivity index (χ3n) is 1.69. The molecule has 0 spiro atoms. The van der Waals surface area contributed by atoms with Gasteiger partial charge in [-0.2, -0.15) is 0 Å². The molecule has 1 heterocycles. The first-order valence-electron chi connectivity index (χ1n) is 3.71. The summed E-state index contributed by atoms with van der Waals surface area (Å²) in [6, 6.07) is 0. The highest BCUT2D eigenvalue weighted by Crippen LogP contribution is 2.31. The number of allylic oxidation sites excluding steroid dienone is 3. The van der Waals surface area contributed by atoms with Gasteiger partial charge >= 0.3 is 0 Å². The molecule has 0 saturated carbocycles. The molecule has 1 rings (SSSR count). The van der Waals surface area contributed by atoms with Crippen LogP contribution in [0, 0.1) is 5.41 Å². The second-order valence-electron chi connectivity index (χ2n) is 3.65. The van der Waals surface area contributed by atoms with Crippen molar-refractivity contribution in [3.63, 3.8) is 0 Å². The molecule has 0 aromatic carbocycles. The average Bonchev–Trinajstić information content (AvgIpc) is 1.88. The van der Waals surface area contributed by atoms with Gasteiger partial charge in [-0.05, 0) is 17.2 Å². The van der Waals surface area contributed by atoms with Gasteiger partial charge in [-0.3, -0.25) is 0 Å². The van der Waals surface area contributed by atoms with Gasteiger partial charge in [0.2, 0.25) is 0 Å². The molecule has 0 radical (unpaired) electrons. The van der Waals surface area contributed by atoms with Crippen LogP contribution in [0.2, 0.25) is 0 Å². The Kier molecular flexibility index (Phi) is 2.31. The molecule has 0 aromatic rings. The van der Waals surface area contributed by atoms with Crippen molar-refractivity contribution in [2.75, 3.05) is 6.16 Å². The van der Waals surface area contributed by atoms with Crippen molar-refractivity contribution in [3.05, 3.63) is 23.5 Å². The molecule has 0 aromatic heterocycles. The minimum absolute atomic E-state index is 0.349. The Morgan fingerprint density at radius 2 is 2.10 bits per heavy atom. The van der Waals surface area contributed by atoms with Gasteiger partial charge in [-0.15, -0.1) is 0 Å². The van der Waals surface area contributed by atoms with Gasteiger partial charge in [0.05, 0.1) is 0 Å². The van der Waals surface area contributed by atoms with Crippen LogP contribution in [0.1, 0.15) is 20.8 Å². The van der Waals surface area contributed by atoms with E-state index in [0.717, 1.165) is 8.58 Å². The lowest BCUT2D eigenvalue weighted by atomic mass is 9.86. The van der Waals surface area contributed by atoms with Crippen molar-refractivity contribution in [1.29, 1.82) is 0 Å². The standard InChI is InChI=1S/C9H15P/c1-9(2,3)8-4-6-10-7-5-8/h4-6,10H,7H2,1-3H3. The Morgan fingerprint density at radius 3 is 2.40 bits per heavy atom. The average molecular weight is 154 g/mol. The number of hydrogen-bond donors (Lipinski definition) is 0. The molecule has 0 N–H and O–H groups in total. The maximum absolute atomic E-state index is 2.36. The first kappa shape index (κ1) is 8.01. The quantitative estimate of drug-likeness (QED) is 0.470. The molecule has 0 fully saturated rings. The minimum Gasteiger partial charge on any atom is -0.0945 e. The highest BCUT2D eigenvalue weighted by molar-refractivity contribution is 7.41. The summed E-state index contributed by atoms with van der Waals surface area (Å²) in [6.07, 6.45) is 5.88. The lowest BCUT2D eigenvalue weighted by Crippen LogP contribution is -2.08. The van der Waals surface area contributed by atoms with Gasteiger partial charge in [0.1, 0.15) is 0 Å². The highest BCUT2D eigenvalue weighted by atomic mass is 31.1. The summed E-state index contributed by atoms with van der Waals surface area (Å²) in [7, 11) is 1.01. The normalized spacial score (nSPS) is 21.3. The van der Waals surface area contributed by atoms with Gasteiger partial charge in [0.15, 0.2) is 0 Å². The molecule has 1 atom stereocenters. The molecular formula is C9H15P. The van der Waals surface area contributed by atoms with E-state index in [0.29, 0.717) is 5.41 Å². The largest absolute Gasteiger partial charge is 0.0945 e. The Bertz CT molecular complexity index is 170. The Labute approximate surface area is 65.2 Å². The summed E-state index contributed by atoms with van der Waals surface area (Å²) < 4.78 is 0. The fourth-order valence-electron chi connectivity index (χ4n) is 1.01. The van der Waals surface area contributed by atoms with Gasteiger partial charge in [-0.25, -0.2) is 0 Å². The molecule has 0 nitrogen and oxygen atoms in total. The number of rotatable bonds is 0. The molecule has 0 amide bonds. The molecule has 1 heteroatoms. The van der Waals surface area contributed by atoms with E-state index >= 15 is 0 Å². The third kappa shape index (κ3) is 1.95. The van der Waals surface area contributed by atoms with E-state index in [1.165, 1.54) is 11.7 Å². The second kappa shape index (κ2) is 2.88. The SMILES string of the molecule is CC(C)(C)C1=CCPC=C1. The van der Waals surface area contributed by atoms with E-state index in [4.69, 9.17) is 0 Å². The zero-order chi connectivity index (χ0) is 7.61. The third-order valence-corrected chi connectivity index (χ3v) is 2.53. The van der Waals surface area contributed by atoms with Crippen LogP contribution in [0.15, 0.2) is 23.5 Å². The van der Waals surface area contributed by atoms with Crippen LogP contribution in [-0.2, 0) is 0 Å². The number of hydrogen-bond acceptors (Lipinski definition) is 0. The monoisotopic (exact) mass is 154 g/mol. The summed E-state index contributed by atoms with van der Waals surface area (Å²) >= 11 is 0. The van der Waals surface area contributed by atoms with Crippen molar-refractivity contribution >= 4 is 8.58 Å². The molecule has 0 aliphatic carbocycles. The molecule has 1 aliphatic rings. The van der Waals surface area contributed by atoms with E-state index in [9.17, 15) is 0 Å². The topological polar surface area (TPSA) is 0 Å². The first-order valence-corrected chi connectivity index (χ1v) is 5.00. The molecular weight excluding hydrogens is 139 g/mol. The second-order valence-corrected chi connectivity index (χ2v) is 4.80. The van der Waals surface area contributed by atoms with E-state index in [1.54, 1.807) is 0 Å². The van der Waals surface area contributed by atoms with Gasteiger partial charge in [-0.1, -0.05) is 47.3 Å². The van der Waals surface area contributed by atoms with Crippen molar-refractivity contribution in [2.24, 2.45) is 5.41 Å². The Balaban J connectivity index is 2.73. The maximum Gasteiger partial charge on any atom is -0.0132 e. The van der Waals surface area contributed by atoms with E-state index in [1.807, 2.05) is 0 Å². The van der Waals surface area contributed by atoms with Crippen LogP contribution in [0.4, 0.5) is 0 Å². The minimum atomic E-state index is 0.349. The summed E-state index contributed by atoms with van der Waals surface area (Å²) in [5.41, 5.74) is 1.84. The molecule has 56 valence electrons. The van der Waals surface area contributed by atoms with Crippen molar-refractivity contribution < 1.29 is 0 Å². The lowest BCUT2D eigenvalue weighted by molar-refractivity contribution is 0.516. The first-order chi connectivity index (χ1) is 4.61. The maximum atomic E-state index is 2.36. The van der Waals surface area contributed by atoms with Gasteiger partial charge in [0.25, 0.3) is 0 Å². The molecule has 1 aliphatic heterocycles. The molecule has 0 saturated heterocycles. The summed E-state index contributed by atoms with van der Waals surface area (Å²) in [4.78, 5) is 0. The van der Waals surface area contributed by atoms with Crippen molar-refractivity contribution in [3.8, 4) is 0 Å². The van der Waals surface area contributed by atoms with Crippen molar-refractivity contribution in [1.82, 2.24) is 0 Å². The van der Waals surface area contributed by atoms with Crippen LogP contribution in [0.25, 0.3) is 0 Å². The summed E-state index contributed by atoms with van der Waals surface area (Å²) in [5.74, 6) is 2.29. The van der Waals surface area contributed by atoms with Crippen molar-refractivity contribution in [2.45, 2.75) is 20.8 Å². The Morgan fingerprint density at radius 1 is 1.40 bits per heavy atom. The molecule has 0 bridgehead atoms. The van der Waals surface area contributed by atoms with E-state index in [2.05, 4.69) is 38.7 Å². The van der Waals surface area contributed by atoms with E-state index < -0.39 is 0 Å². The summed E-state index contributed by atoms with van der Waals surface area (Å²) in [6.45, 7) is 6.78. The fourth-order valence-corrected chi connectivity index (χ4v) is 1.78. The van der Waals surface area contributed by atoms with Gasteiger partial charge in [0, 0.05) is 0 Å². The Hall–Kier alpha value is -0.0900. The highest BCUT2D eigenvalue weighted by Gasteiger charge is 2.14. The van der Waals surface area contributed by atoms with Crippen LogP contribution in [0.5, 0.6) is 0 Å². The van der Waals surface area contributed by atoms with Gasteiger partial charge < -0.3 is 0 Å². The predicted molar refractivity (Wildman–Crippen MR) is 49.9 cm³/mol. The van der Waals surface area contributed by atoms with Crippen LogP contribution < -0.4 is 0 Å². The molecule has 10 heavy (non-hydrogen) atoms. The lowest BCUT2D eigenvalue weighted by Gasteiger charge is -2.22. The predicted octanol–water partition coefficient (Wildman–Crippen LogP) is 3.16. The van der Waals surface area contributed by atoms with Crippen LogP contribution in [0.3, 0.4) is 0 Å². The zero-order valence-electron chi connectivity index (χ0n) is 6.94. The van der Waals surface area contributed by atoms with Crippen LogP contribution in [-0.4, -0.2) is 6.16 Å². The zero-order valence-corrected chi connectivity index (χ0v) is 7.94. The smallest absolute Gasteiger partial charge is 0.0132 e. The summed E-state index contributed by atoms with van der Waals surface area (Å²) in [5, 5.41) is 0. The molecule has 1 unspecified atom stereocenters. The van der Waals surface area contributed by atoms with E-state index in [-0.39, 0.29) is 0 Å².